The first-order valence-corrected chi connectivity index (χ1v) is 16.9. The van der Waals surface area contributed by atoms with Crippen LogP contribution in [-0.2, 0) is 10.8 Å². The van der Waals surface area contributed by atoms with Crippen molar-refractivity contribution in [2.24, 2.45) is 0 Å². The smallest absolute Gasteiger partial charge is 0.159 e. The summed E-state index contributed by atoms with van der Waals surface area (Å²) < 4.78 is 6.89. The van der Waals surface area contributed by atoms with Gasteiger partial charge in [0.1, 0.15) is 5.58 Å². The lowest BCUT2D eigenvalue weighted by Crippen LogP contribution is -2.17. The molecule has 48 heavy (non-hydrogen) atoms. The maximum Gasteiger partial charge on any atom is 0.159 e. The van der Waals surface area contributed by atoms with E-state index in [0.717, 1.165) is 33.6 Å². The highest BCUT2D eigenvalue weighted by Crippen LogP contribution is 2.56. The van der Waals surface area contributed by atoms with E-state index in [4.69, 9.17) is 4.42 Å². The van der Waals surface area contributed by atoms with E-state index in [1.807, 2.05) is 0 Å². The van der Waals surface area contributed by atoms with E-state index in [0.29, 0.717) is 0 Å². The van der Waals surface area contributed by atoms with E-state index in [9.17, 15) is 0 Å². The maximum atomic E-state index is 6.89. The first-order chi connectivity index (χ1) is 23.3. The van der Waals surface area contributed by atoms with E-state index in [2.05, 4.69) is 172 Å². The van der Waals surface area contributed by atoms with Gasteiger partial charge in [-0.2, -0.15) is 0 Å². The Morgan fingerprint density at radius 3 is 1.96 bits per heavy atom. The molecule has 0 unspecified atom stereocenters. The Bertz CT molecular complexity index is 2630. The molecule has 0 atom stereocenters. The Kier molecular flexibility index (Phi) is 5.44. The minimum Gasteiger partial charge on any atom is -0.454 e. The standard InChI is InChI=1S/C46H35NO/c1-45(2)36-19-10-8-16-33(36)43-37(45)20-12-21-39(43)47(29-24-25-32-31-15-7-9-18-35(31)46(3,4)38(32)27-29)40-22-11-17-34-42-30-14-6-5-13-28(30)23-26-41(42)48-44(34)40/h5-27H,1-4H3. The van der Waals surface area contributed by atoms with Gasteiger partial charge in [0.25, 0.3) is 0 Å². The molecule has 1 aromatic heterocycles. The second kappa shape index (κ2) is 9.49. The van der Waals surface area contributed by atoms with Gasteiger partial charge in [0.15, 0.2) is 5.58 Å². The summed E-state index contributed by atoms with van der Waals surface area (Å²) in [5.41, 5.74) is 15.6. The van der Waals surface area contributed by atoms with E-state index >= 15 is 0 Å². The molecule has 2 aliphatic carbocycles. The molecule has 2 aliphatic rings. The number of furan rings is 1. The van der Waals surface area contributed by atoms with Crippen molar-refractivity contribution in [1.29, 1.82) is 0 Å². The summed E-state index contributed by atoms with van der Waals surface area (Å²) in [5.74, 6) is 0. The van der Waals surface area contributed by atoms with Crippen molar-refractivity contribution in [1.82, 2.24) is 0 Å². The zero-order chi connectivity index (χ0) is 32.4. The fourth-order valence-electron chi connectivity index (χ4n) is 8.89. The van der Waals surface area contributed by atoms with Crippen molar-refractivity contribution in [3.63, 3.8) is 0 Å². The summed E-state index contributed by atoms with van der Waals surface area (Å²) in [4.78, 5) is 2.46. The van der Waals surface area contributed by atoms with E-state index < -0.39 is 0 Å². The highest BCUT2D eigenvalue weighted by molar-refractivity contribution is 6.21. The van der Waals surface area contributed by atoms with Gasteiger partial charge in [-0.15, -0.1) is 0 Å². The van der Waals surface area contributed by atoms with Gasteiger partial charge in [-0.3, -0.25) is 0 Å². The lowest BCUT2D eigenvalue weighted by Gasteiger charge is -2.30. The van der Waals surface area contributed by atoms with Crippen LogP contribution < -0.4 is 4.90 Å². The van der Waals surface area contributed by atoms with Crippen LogP contribution in [0.15, 0.2) is 144 Å². The number of anilines is 3. The van der Waals surface area contributed by atoms with Crippen LogP contribution in [0.3, 0.4) is 0 Å². The Morgan fingerprint density at radius 2 is 1.10 bits per heavy atom. The Hall–Kier alpha value is -5.60. The van der Waals surface area contributed by atoms with E-state index in [-0.39, 0.29) is 10.8 Å². The molecule has 8 aromatic rings. The molecule has 0 radical (unpaired) electrons. The zero-order valence-corrected chi connectivity index (χ0v) is 27.6. The molecule has 0 saturated heterocycles. The molecule has 0 saturated carbocycles. The van der Waals surface area contributed by atoms with Crippen molar-refractivity contribution in [2.45, 2.75) is 38.5 Å². The molecule has 2 nitrogen and oxygen atoms in total. The SMILES string of the molecule is CC1(C)c2ccccc2-c2ccc(N(c3cccc4c3-c3ccccc3C4(C)C)c3cccc4c3oc3ccc5ccccc5c34)cc21. The number of hydrogen-bond donors (Lipinski definition) is 0. The minimum absolute atomic E-state index is 0.112. The average molecular weight is 618 g/mol. The predicted molar refractivity (Wildman–Crippen MR) is 201 cm³/mol. The fourth-order valence-corrected chi connectivity index (χ4v) is 8.89. The van der Waals surface area contributed by atoms with Gasteiger partial charge in [0.05, 0.1) is 11.4 Å². The summed E-state index contributed by atoms with van der Waals surface area (Å²) >= 11 is 0. The highest BCUT2D eigenvalue weighted by Gasteiger charge is 2.39. The summed E-state index contributed by atoms with van der Waals surface area (Å²) in [6, 6.07) is 51.2. The van der Waals surface area contributed by atoms with Crippen LogP contribution in [0.25, 0.3) is 55.0 Å². The summed E-state index contributed by atoms with van der Waals surface area (Å²) in [5, 5.41) is 4.73. The van der Waals surface area contributed by atoms with Gasteiger partial charge < -0.3 is 9.32 Å². The second-order valence-corrected chi connectivity index (χ2v) is 14.5. The molecule has 0 N–H and O–H groups in total. The fraction of sp³-hybridized carbons (Fsp3) is 0.130. The molecule has 0 bridgehead atoms. The van der Waals surface area contributed by atoms with E-state index in [1.165, 1.54) is 60.7 Å². The Labute approximate surface area is 280 Å². The van der Waals surface area contributed by atoms with Crippen LogP contribution in [-0.4, -0.2) is 0 Å². The van der Waals surface area contributed by atoms with Crippen LogP contribution in [0.4, 0.5) is 17.1 Å². The van der Waals surface area contributed by atoms with Crippen molar-refractivity contribution in [3.05, 3.63) is 162 Å². The van der Waals surface area contributed by atoms with Gasteiger partial charge in [0, 0.05) is 32.9 Å². The number of para-hydroxylation sites is 1. The number of benzene rings is 7. The normalized spacial score (nSPS) is 15.0. The molecule has 0 aliphatic heterocycles. The molecule has 0 fully saturated rings. The monoisotopic (exact) mass is 617 g/mol. The van der Waals surface area contributed by atoms with Crippen LogP contribution in [0, 0.1) is 0 Å². The van der Waals surface area contributed by atoms with Gasteiger partial charge in [-0.25, -0.2) is 0 Å². The average Bonchev–Trinajstić information content (AvgIpc) is 3.70. The van der Waals surface area contributed by atoms with Crippen LogP contribution in [0.5, 0.6) is 0 Å². The molecular formula is C46H35NO. The third kappa shape index (κ3) is 3.52. The third-order valence-corrected chi connectivity index (χ3v) is 11.3. The molecule has 7 aromatic carbocycles. The third-order valence-electron chi connectivity index (χ3n) is 11.3. The number of nitrogens with zero attached hydrogens (tertiary/aromatic N) is 1. The highest BCUT2D eigenvalue weighted by atomic mass is 16.3. The quantitative estimate of drug-likeness (QED) is 0.196. The molecule has 230 valence electrons. The largest absolute Gasteiger partial charge is 0.454 e. The summed E-state index contributed by atoms with van der Waals surface area (Å²) in [6.07, 6.45) is 0. The van der Waals surface area contributed by atoms with Crippen LogP contribution >= 0.6 is 0 Å². The number of fused-ring (bicyclic) bond motifs is 11. The molecular weight excluding hydrogens is 583 g/mol. The van der Waals surface area contributed by atoms with Crippen molar-refractivity contribution < 1.29 is 4.42 Å². The summed E-state index contributed by atoms with van der Waals surface area (Å²) in [6.45, 7) is 9.42. The lowest BCUT2D eigenvalue weighted by atomic mass is 9.82. The molecule has 2 heteroatoms. The Morgan fingerprint density at radius 1 is 0.479 bits per heavy atom. The molecule has 0 spiro atoms. The predicted octanol–water partition coefficient (Wildman–Crippen LogP) is 12.8. The van der Waals surface area contributed by atoms with Crippen LogP contribution in [0.1, 0.15) is 49.9 Å². The first-order valence-electron chi connectivity index (χ1n) is 16.9. The van der Waals surface area contributed by atoms with Crippen molar-refractivity contribution in [3.8, 4) is 22.3 Å². The summed E-state index contributed by atoms with van der Waals surface area (Å²) in [7, 11) is 0. The van der Waals surface area contributed by atoms with Gasteiger partial charge in [0.2, 0.25) is 0 Å². The van der Waals surface area contributed by atoms with Gasteiger partial charge >= 0.3 is 0 Å². The van der Waals surface area contributed by atoms with E-state index in [1.54, 1.807) is 0 Å². The molecule has 0 amide bonds. The molecule has 1 heterocycles. The van der Waals surface area contributed by atoms with Gasteiger partial charge in [-0.05, 0) is 80.0 Å². The van der Waals surface area contributed by atoms with Crippen molar-refractivity contribution >= 4 is 49.8 Å². The minimum atomic E-state index is -0.120. The topological polar surface area (TPSA) is 16.4 Å². The molecule has 10 rings (SSSR count). The second-order valence-electron chi connectivity index (χ2n) is 14.5. The first kappa shape index (κ1) is 27.5. The number of hydrogen-bond acceptors (Lipinski definition) is 2. The number of rotatable bonds is 3. The van der Waals surface area contributed by atoms with Crippen molar-refractivity contribution in [2.75, 3.05) is 4.90 Å². The zero-order valence-electron chi connectivity index (χ0n) is 27.6. The lowest BCUT2D eigenvalue weighted by molar-refractivity contribution is 0.660. The maximum absolute atomic E-state index is 6.89. The van der Waals surface area contributed by atoms with Gasteiger partial charge in [-0.1, -0.05) is 137 Å². The Balaban J connectivity index is 1.30. The van der Waals surface area contributed by atoms with Crippen LogP contribution in [0.2, 0.25) is 0 Å².